The zero-order valence-electron chi connectivity index (χ0n) is 13.9. The van der Waals surface area contributed by atoms with Crippen LogP contribution in [0.3, 0.4) is 0 Å². The molecule has 2 bridgehead atoms. The van der Waals surface area contributed by atoms with Gasteiger partial charge in [0.05, 0.1) is 0 Å². The molecule has 3 saturated carbocycles. The summed E-state index contributed by atoms with van der Waals surface area (Å²) in [5.41, 5.74) is 2.37. The highest BCUT2D eigenvalue weighted by Crippen LogP contribution is 2.61. The van der Waals surface area contributed by atoms with Crippen molar-refractivity contribution in [2.24, 2.45) is 23.7 Å². The number of amides is 1. The van der Waals surface area contributed by atoms with E-state index in [1.807, 2.05) is 0 Å². The van der Waals surface area contributed by atoms with Gasteiger partial charge in [0.1, 0.15) is 5.66 Å². The molecule has 3 unspecified atom stereocenters. The van der Waals surface area contributed by atoms with Crippen LogP contribution in [0.4, 0.5) is 0 Å². The van der Waals surface area contributed by atoms with Crippen molar-refractivity contribution in [2.45, 2.75) is 44.7 Å². The molecule has 0 radical (unpaired) electrons. The fourth-order valence-corrected chi connectivity index (χ4v) is 5.93. The number of hydrogen-bond acceptors (Lipinski definition) is 2. The van der Waals surface area contributed by atoms with Gasteiger partial charge in [-0.1, -0.05) is 29.8 Å². The van der Waals surface area contributed by atoms with E-state index in [1.165, 1.54) is 36.8 Å². The highest BCUT2D eigenvalue weighted by molar-refractivity contribution is 5.84. The molecule has 1 N–H and O–H groups in total. The summed E-state index contributed by atoms with van der Waals surface area (Å²) in [6, 6.07) is 8.93. The number of fused-ring (bicyclic) bond motifs is 1. The number of rotatable bonds is 1. The summed E-state index contributed by atoms with van der Waals surface area (Å²) in [6.07, 6.45) is 6.11. The fourth-order valence-electron chi connectivity index (χ4n) is 5.93. The Morgan fingerprint density at radius 2 is 1.91 bits per heavy atom. The van der Waals surface area contributed by atoms with Crippen molar-refractivity contribution in [1.82, 2.24) is 10.2 Å². The maximum absolute atomic E-state index is 13.3. The lowest BCUT2D eigenvalue weighted by atomic mass is 9.54. The van der Waals surface area contributed by atoms with Gasteiger partial charge < -0.3 is 4.90 Å². The number of hydrogen-bond donors (Lipinski definition) is 1. The van der Waals surface area contributed by atoms with E-state index in [2.05, 4.69) is 41.4 Å². The smallest absolute Gasteiger partial charge is 0.228 e. The Labute approximate surface area is 138 Å². The number of aryl methyl sites for hydroxylation is 1. The van der Waals surface area contributed by atoms with Crippen LogP contribution in [0.25, 0.3) is 0 Å². The van der Waals surface area contributed by atoms with Gasteiger partial charge in [-0.05, 0) is 63.0 Å². The zero-order chi connectivity index (χ0) is 15.6. The predicted octanol–water partition coefficient (Wildman–Crippen LogP) is 3.04. The van der Waals surface area contributed by atoms with Crippen molar-refractivity contribution < 1.29 is 4.79 Å². The van der Waals surface area contributed by atoms with E-state index in [0.29, 0.717) is 17.7 Å². The molecule has 2 heterocycles. The lowest BCUT2D eigenvalue weighted by Crippen LogP contribution is -2.57. The van der Waals surface area contributed by atoms with E-state index in [0.717, 1.165) is 25.4 Å². The first-order valence-corrected chi connectivity index (χ1v) is 9.34. The minimum absolute atomic E-state index is 0.233. The van der Waals surface area contributed by atoms with Crippen LogP contribution in [0, 0.1) is 30.6 Å². The highest BCUT2D eigenvalue weighted by Gasteiger charge is 2.65. The van der Waals surface area contributed by atoms with Gasteiger partial charge in [-0.25, -0.2) is 0 Å². The molecule has 3 aliphatic carbocycles. The van der Waals surface area contributed by atoms with Gasteiger partial charge in [0.25, 0.3) is 0 Å². The summed E-state index contributed by atoms with van der Waals surface area (Å²) >= 11 is 0. The van der Waals surface area contributed by atoms with Crippen molar-refractivity contribution >= 4 is 5.91 Å². The summed E-state index contributed by atoms with van der Waals surface area (Å²) in [4.78, 5) is 15.5. The Hall–Kier alpha value is -1.35. The molecule has 0 spiro atoms. The molecular formula is C20H26N2O. The minimum atomic E-state index is -0.233. The quantitative estimate of drug-likeness (QED) is 0.865. The van der Waals surface area contributed by atoms with Crippen LogP contribution < -0.4 is 5.32 Å². The second-order valence-electron chi connectivity index (χ2n) is 8.22. The second-order valence-corrected chi connectivity index (χ2v) is 8.22. The lowest BCUT2D eigenvalue weighted by molar-refractivity contribution is -0.137. The molecule has 3 heteroatoms. The van der Waals surface area contributed by atoms with Crippen LogP contribution in [0.2, 0.25) is 0 Å². The van der Waals surface area contributed by atoms with Crippen molar-refractivity contribution in [1.29, 1.82) is 0 Å². The van der Waals surface area contributed by atoms with E-state index in [4.69, 9.17) is 0 Å². The zero-order valence-corrected chi connectivity index (χ0v) is 13.9. The molecule has 1 aromatic rings. The van der Waals surface area contributed by atoms with E-state index in [-0.39, 0.29) is 11.6 Å². The standard InChI is InChI=1S/C20H26N2O/c1-13-4-6-16(7-5-13)20-17-12-14-10-15(11-14)18(17)19(23)22(20)9-3-2-8-21-20/h4-7,14-15,17-18,21H,2-3,8-12H2,1H3. The molecule has 5 aliphatic rings. The summed E-state index contributed by atoms with van der Waals surface area (Å²) < 4.78 is 0. The molecule has 1 amide bonds. The fraction of sp³-hybridized carbons (Fsp3) is 0.650. The Morgan fingerprint density at radius 1 is 1.13 bits per heavy atom. The molecule has 23 heavy (non-hydrogen) atoms. The Kier molecular flexibility index (Phi) is 2.94. The lowest BCUT2D eigenvalue weighted by Gasteiger charge is -2.51. The first kappa shape index (κ1) is 14.0. The molecule has 3 nitrogen and oxygen atoms in total. The maximum Gasteiger partial charge on any atom is 0.228 e. The summed E-state index contributed by atoms with van der Waals surface area (Å²) in [5.74, 6) is 2.69. The Balaban J connectivity index is 1.66. The molecule has 5 fully saturated rings. The topological polar surface area (TPSA) is 32.3 Å². The second kappa shape index (κ2) is 4.83. The summed E-state index contributed by atoms with van der Waals surface area (Å²) in [6.45, 7) is 4.08. The average molecular weight is 310 g/mol. The van der Waals surface area contributed by atoms with Gasteiger partial charge in [0.2, 0.25) is 5.91 Å². The number of nitrogens with one attached hydrogen (secondary N) is 1. The van der Waals surface area contributed by atoms with Gasteiger partial charge in [-0.15, -0.1) is 0 Å². The van der Waals surface area contributed by atoms with Gasteiger partial charge in [-0.3, -0.25) is 10.1 Å². The van der Waals surface area contributed by atoms with E-state index < -0.39 is 0 Å². The molecular weight excluding hydrogens is 284 g/mol. The number of carbonyl (C=O) groups excluding carboxylic acids is 1. The molecule has 3 atom stereocenters. The SMILES string of the molecule is Cc1ccc(C23NCCCCN2C(=O)C2C4CC(C4)CC23)cc1. The van der Waals surface area contributed by atoms with Crippen LogP contribution in [0.5, 0.6) is 0 Å². The van der Waals surface area contributed by atoms with Crippen molar-refractivity contribution in [2.75, 3.05) is 13.1 Å². The average Bonchev–Trinajstić information content (AvgIpc) is 2.69. The normalized spacial score (nSPS) is 41.8. The number of nitrogens with zero attached hydrogens (tertiary/aromatic N) is 1. The van der Waals surface area contributed by atoms with Gasteiger partial charge in [0.15, 0.2) is 0 Å². The van der Waals surface area contributed by atoms with Crippen LogP contribution in [-0.2, 0) is 10.5 Å². The van der Waals surface area contributed by atoms with Crippen LogP contribution >= 0.6 is 0 Å². The maximum atomic E-state index is 13.3. The Bertz CT molecular complexity index is 634. The third-order valence-corrected chi connectivity index (χ3v) is 7.01. The summed E-state index contributed by atoms with van der Waals surface area (Å²) in [7, 11) is 0. The third-order valence-electron chi connectivity index (χ3n) is 7.01. The van der Waals surface area contributed by atoms with Crippen LogP contribution in [0.15, 0.2) is 24.3 Å². The molecule has 2 saturated heterocycles. The highest BCUT2D eigenvalue weighted by atomic mass is 16.2. The number of carbonyl (C=O) groups is 1. The van der Waals surface area contributed by atoms with Gasteiger partial charge in [-0.2, -0.15) is 0 Å². The number of benzene rings is 1. The van der Waals surface area contributed by atoms with E-state index in [1.54, 1.807) is 0 Å². The van der Waals surface area contributed by atoms with Gasteiger partial charge >= 0.3 is 0 Å². The monoisotopic (exact) mass is 310 g/mol. The van der Waals surface area contributed by atoms with Crippen LogP contribution in [0.1, 0.15) is 43.2 Å². The third kappa shape index (κ3) is 1.77. The largest absolute Gasteiger partial charge is 0.320 e. The minimum Gasteiger partial charge on any atom is -0.320 e. The van der Waals surface area contributed by atoms with Crippen molar-refractivity contribution in [3.63, 3.8) is 0 Å². The van der Waals surface area contributed by atoms with Crippen molar-refractivity contribution in [3.8, 4) is 0 Å². The summed E-state index contributed by atoms with van der Waals surface area (Å²) in [5, 5.41) is 3.87. The molecule has 0 aromatic heterocycles. The first-order chi connectivity index (χ1) is 11.2. The predicted molar refractivity (Wildman–Crippen MR) is 89.6 cm³/mol. The van der Waals surface area contributed by atoms with Crippen LogP contribution in [-0.4, -0.2) is 23.9 Å². The molecule has 6 rings (SSSR count). The van der Waals surface area contributed by atoms with Crippen molar-refractivity contribution in [3.05, 3.63) is 35.4 Å². The van der Waals surface area contributed by atoms with E-state index in [9.17, 15) is 4.79 Å². The van der Waals surface area contributed by atoms with E-state index >= 15 is 0 Å². The molecule has 1 aromatic carbocycles. The Morgan fingerprint density at radius 3 is 2.70 bits per heavy atom. The first-order valence-electron chi connectivity index (χ1n) is 9.34. The van der Waals surface area contributed by atoms with Gasteiger partial charge in [0, 0.05) is 18.4 Å². The molecule has 122 valence electrons. The molecule has 2 aliphatic heterocycles.